The van der Waals surface area contributed by atoms with Gasteiger partial charge < -0.3 is 15.2 Å². The topological polar surface area (TPSA) is 65.2 Å². The van der Waals surface area contributed by atoms with Crippen molar-refractivity contribution < 1.29 is 4.79 Å². The summed E-state index contributed by atoms with van der Waals surface area (Å²) in [5, 5.41) is 4.59. The molecule has 5 nitrogen and oxygen atoms in total. The van der Waals surface area contributed by atoms with E-state index in [0.29, 0.717) is 16.3 Å². The summed E-state index contributed by atoms with van der Waals surface area (Å²) in [6, 6.07) is 13.0. The highest BCUT2D eigenvalue weighted by Gasteiger charge is 2.27. The van der Waals surface area contributed by atoms with E-state index in [1.807, 2.05) is 30.9 Å². The number of carbonyl (C=O) groups excluding carboxylic acids is 1. The first-order chi connectivity index (χ1) is 14.4. The van der Waals surface area contributed by atoms with Gasteiger partial charge in [-0.2, -0.15) is 0 Å². The molecule has 1 saturated carbocycles. The van der Waals surface area contributed by atoms with Gasteiger partial charge in [0.2, 0.25) is 0 Å². The predicted molar refractivity (Wildman–Crippen MR) is 122 cm³/mol. The smallest absolute Gasteiger partial charge is 0.322 e. The zero-order chi connectivity index (χ0) is 21.3. The number of benzene rings is 2. The van der Waals surface area contributed by atoms with Crippen LogP contribution in [0.25, 0.3) is 10.9 Å². The second-order valence-electron chi connectivity index (χ2n) is 8.17. The molecule has 2 aromatic carbocycles. The fraction of sp³-hybridized carbons (Fsp3) is 0.333. The van der Waals surface area contributed by atoms with Gasteiger partial charge in [0.1, 0.15) is 0 Å². The molecular weight excluding hydrogens is 398 g/mol. The van der Waals surface area contributed by atoms with Crippen molar-refractivity contribution in [1.29, 1.82) is 0 Å². The number of urea groups is 1. The minimum absolute atomic E-state index is 0.131. The third kappa shape index (κ3) is 4.36. The maximum atomic E-state index is 13.1. The van der Waals surface area contributed by atoms with Crippen molar-refractivity contribution in [3.8, 4) is 0 Å². The number of fused-ring (bicyclic) bond motifs is 1. The van der Waals surface area contributed by atoms with Crippen molar-refractivity contribution in [2.75, 3.05) is 5.32 Å². The van der Waals surface area contributed by atoms with Gasteiger partial charge in [0, 0.05) is 33.2 Å². The third-order valence-corrected chi connectivity index (χ3v) is 6.10. The molecule has 0 unspecified atom stereocenters. The van der Waals surface area contributed by atoms with E-state index in [2.05, 4.69) is 16.4 Å². The lowest BCUT2D eigenvalue weighted by atomic mass is 10.0. The van der Waals surface area contributed by atoms with E-state index in [1.54, 1.807) is 24.3 Å². The molecule has 1 fully saturated rings. The van der Waals surface area contributed by atoms with E-state index < -0.39 is 0 Å². The van der Waals surface area contributed by atoms with E-state index >= 15 is 0 Å². The molecule has 1 aromatic heterocycles. The molecule has 1 heterocycles. The summed E-state index contributed by atoms with van der Waals surface area (Å²) in [6.07, 6.45) is 4.11. The minimum Gasteiger partial charge on any atom is -0.322 e. The standard InChI is InChI=1S/C24H26ClN3O2/c1-15-11-16(2)21-13-17(23(29)27-22(21)12-15)14-28(20-5-3-4-6-20)24(30)26-19-9-7-18(25)8-10-19/h7-13,20H,3-6,14H2,1-2H3,(H,26,30)(H,27,29). The first-order valence-electron chi connectivity index (χ1n) is 10.4. The molecule has 0 atom stereocenters. The fourth-order valence-corrected chi connectivity index (χ4v) is 4.45. The van der Waals surface area contributed by atoms with Crippen molar-refractivity contribution in [2.24, 2.45) is 0 Å². The highest BCUT2D eigenvalue weighted by Crippen LogP contribution is 2.26. The number of pyridine rings is 1. The summed E-state index contributed by atoms with van der Waals surface area (Å²) in [6.45, 7) is 4.34. The number of amides is 2. The summed E-state index contributed by atoms with van der Waals surface area (Å²) >= 11 is 5.95. The number of hydrogen-bond acceptors (Lipinski definition) is 2. The number of nitrogens with one attached hydrogen (secondary N) is 2. The fourth-order valence-electron chi connectivity index (χ4n) is 4.33. The lowest BCUT2D eigenvalue weighted by Crippen LogP contribution is -2.42. The number of H-pyrrole nitrogens is 1. The Hall–Kier alpha value is -2.79. The van der Waals surface area contributed by atoms with Crippen LogP contribution in [0, 0.1) is 13.8 Å². The highest BCUT2D eigenvalue weighted by atomic mass is 35.5. The van der Waals surface area contributed by atoms with E-state index in [9.17, 15) is 9.59 Å². The van der Waals surface area contributed by atoms with E-state index in [0.717, 1.165) is 47.7 Å². The van der Waals surface area contributed by atoms with Crippen LogP contribution in [0.2, 0.25) is 5.02 Å². The average Bonchev–Trinajstić information content (AvgIpc) is 3.22. The first kappa shape index (κ1) is 20.5. The van der Waals surface area contributed by atoms with Crippen molar-refractivity contribution in [2.45, 2.75) is 52.1 Å². The van der Waals surface area contributed by atoms with E-state index in [-0.39, 0.29) is 24.2 Å². The molecule has 2 N–H and O–H groups in total. The largest absolute Gasteiger partial charge is 0.322 e. The molecule has 3 aromatic rings. The van der Waals surface area contributed by atoms with Gasteiger partial charge in [0.15, 0.2) is 0 Å². The number of nitrogens with zero attached hydrogens (tertiary/aromatic N) is 1. The van der Waals surface area contributed by atoms with Crippen LogP contribution in [0.1, 0.15) is 42.4 Å². The van der Waals surface area contributed by atoms with Gasteiger partial charge in [0.25, 0.3) is 5.56 Å². The molecule has 156 valence electrons. The summed E-state index contributed by atoms with van der Waals surface area (Å²) in [4.78, 5) is 30.8. The number of aromatic nitrogens is 1. The highest BCUT2D eigenvalue weighted by molar-refractivity contribution is 6.30. The van der Waals surface area contributed by atoms with Crippen molar-refractivity contribution in [1.82, 2.24) is 9.88 Å². The summed E-state index contributed by atoms with van der Waals surface area (Å²) < 4.78 is 0. The summed E-state index contributed by atoms with van der Waals surface area (Å²) in [5.74, 6) is 0. The monoisotopic (exact) mass is 423 g/mol. The molecule has 4 rings (SSSR count). The predicted octanol–water partition coefficient (Wildman–Crippen LogP) is 5.78. The number of anilines is 1. The molecule has 0 bridgehead atoms. The molecule has 0 saturated heterocycles. The Morgan fingerprint density at radius 1 is 1.13 bits per heavy atom. The first-order valence-corrected chi connectivity index (χ1v) is 10.7. The second-order valence-corrected chi connectivity index (χ2v) is 8.61. The maximum Gasteiger partial charge on any atom is 0.322 e. The minimum atomic E-state index is -0.190. The van der Waals surface area contributed by atoms with Crippen molar-refractivity contribution in [3.05, 3.63) is 74.5 Å². The third-order valence-electron chi connectivity index (χ3n) is 5.85. The van der Waals surface area contributed by atoms with Crippen molar-refractivity contribution >= 4 is 34.2 Å². The molecule has 6 heteroatoms. The Morgan fingerprint density at radius 2 is 1.83 bits per heavy atom. The zero-order valence-electron chi connectivity index (χ0n) is 17.3. The van der Waals surface area contributed by atoms with Gasteiger partial charge in [-0.15, -0.1) is 0 Å². The normalized spacial score (nSPS) is 14.2. The average molecular weight is 424 g/mol. The van der Waals surface area contributed by atoms with E-state index in [1.165, 1.54) is 0 Å². The molecule has 30 heavy (non-hydrogen) atoms. The van der Waals surface area contributed by atoms with E-state index in [4.69, 9.17) is 11.6 Å². The van der Waals surface area contributed by atoms with Gasteiger partial charge in [-0.25, -0.2) is 4.79 Å². The lowest BCUT2D eigenvalue weighted by Gasteiger charge is -2.29. The SMILES string of the molecule is Cc1cc(C)c2cc(CN(C(=O)Nc3ccc(Cl)cc3)C3CCCC3)c(=O)[nH]c2c1. The van der Waals surface area contributed by atoms with Crippen LogP contribution in [0.5, 0.6) is 0 Å². The lowest BCUT2D eigenvalue weighted by molar-refractivity contribution is 0.184. The molecule has 2 amide bonds. The van der Waals surface area contributed by atoms with Crippen molar-refractivity contribution in [3.63, 3.8) is 0 Å². The number of carbonyl (C=O) groups is 1. The van der Waals surface area contributed by atoms with Crippen LogP contribution in [0.3, 0.4) is 0 Å². The van der Waals surface area contributed by atoms with Gasteiger partial charge >= 0.3 is 6.03 Å². The Balaban J connectivity index is 1.65. The Labute approximate surface area is 181 Å². The molecule has 1 aliphatic rings. The summed E-state index contributed by atoms with van der Waals surface area (Å²) in [7, 11) is 0. The Bertz CT molecular complexity index is 1130. The zero-order valence-corrected chi connectivity index (χ0v) is 18.1. The number of halogens is 1. The molecule has 0 spiro atoms. The molecule has 0 radical (unpaired) electrons. The van der Waals surface area contributed by atoms with Crippen LogP contribution in [0.4, 0.5) is 10.5 Å². The number of aryl methyl sites for hydroxylation is 2. The quantitative estimate of drug-likeness (QED) is 0.559. The van der Waals surface area contributed by atoms with Crippen LogP contribution >= 0.6 is 11.6 Å². The van der Waals surface area contributed by atoms with Crippen LogP contribution in [0.15, 0.2) is 47.3 Å². The summed E-state index contributed by atoms with van der Waals surface area (Å²) in [5.41, 5.74) is 4.20. The van der Waals surface area contributed by atoms with Gasteiger partial charge in [-0.05, 0) is 74.2 Å². The Kier molecular flexibility index (Phi) is 5.82. The number of aromatic amines is 1. The van der Waals surface area contributed by atoms with Gasteiger partial charge in [0.05, 0.1) is 6.54 Å². The van der Waals surface area contributed by atoms with Crippen LogP contribution < -0.4 is 10.9 Å². The number of hydrogen-bond donors (Lipinski definition) is 2. The number of rotatable bonds is 4. The van der Waals surface area contributed by atoms with Crippen LogP contribution in [-0.2, 0) is 6.54 Å². The second kappa shape index (κ2) is 8.52. The van der Waals surface area contributed by atoms with Gasteiger partial charge in [-0.1, -0.05) is 30.5 Å². The maximum absolute atomic E-state index is 13.1. The molecule has 0 aliphatic heterocycles. The van der Waals surface area contributed by atoms with Gasteiger partial charge in [-0.3, -0.25) is 4.79 Å². The van der Waals surface area contributed by atoms with Crippen LogP contribution in [-0.4, -0.2) is 22.0 Å². The Morgan fingerprint density at radius 3 is 2.53 bits per heavy atom. The molecular formula is C24H26ClN3O2. The molecule has 1 aliphatic carbocycles.